The summed E-state index contributed by atoms with van der Waals surface area (Å²) in [6.07, 6.45) is -4.54. The minimum absolute atomic E-state index is 0.0425. The Balaban J connectivity index is 2.66. The molecule has 0 saturated carbocycles. The summed E-state index contributed by atoms with van der Waals surface area (Å²) in [7, 11) is 0. The molecule has 2 nitrogen and oxygen atoms in total. The van der Waals surface area contributed by atoms with Gasteiger partial charge in [-0.1, -0.05) is 37.9 Å². The molecule has 0 aliphatic rings. The first-order valence-electron chi connectivity index (χ1n) is 5.31. The number of benzene rings is 1. The SMILES string of the molecule is NNC(CCCC(F)(F)F)c1ccc(Br)cc1Br. The molecule has 0 radical (unpaired) electrons. The summed E-state index contributed by atoms with van der Waals surface area (Å²) in [6.45, 7) is 0. The van der Waals surface area contributed by atoms with Gasteiger partial charge in [-0.25, -0.2) is 0 Å². The predicted octanol–water partition coefficient (Wildman–Crippen LogP) is 4.45. The van der Waals surface area contributed by atoms with Crippen LogP contribution in [-0.2, 0) is 0 Å². The van der Waals surface area contributed by atoms with Gasteiger partial charge in [-0.3, -0.25) is 11.3 Å². The van der Waals surface area contributed by atoms with Crippen LogP contribution in [0.1, 0.15) is 30.9 Å². The van der Waals surface area contributed by atoms with Crippen LogP contribution in [0.4, 0.5) is 13.2 Å². The number of nitrogens with two attached hydrogens (primary N) is 1. The first kappa shape index (κ1) is 15.9. The van der Waals surface area contributed by atoms with E-state index >= 15 is 0 Å². The molecule has 0 saturated heterocycles. The van der Waals surface area contributed by atoms with E-state index in [9.17, 15) is 13.2 Å². The van der Waals surface area contributed by atoms with Gasteiger partial charge in [0.25, 0.3) is 0 Å². The van der Waals surface area contributed by atoms with E-state index in [0.29, 0.717) is 6.42 Å². The molecule has 1 aromatic carbocycles. The van der Waals surface area contributed by atoms with Crippen LogP contribution in [0.3, 0.4) is 0 Å². The van der Waals surface area contributed by atoms with Gasteiger partial charge in [-0.15, -0.1) is 0 Å². The molecule has 7 heteroatoms. The van der Waals surface area contributed by atoms with Crippen LogP contribution >= 0.6 is 31.9 Å². The number of nitrogens with one attached hydrogen (secondary N) is 1. The Labute approximate surface area is 120 Å². The van der Waals surface area contributed by atoms with E-state index in [-0.39, 0.29) is 12.5 Å². The zero-order valence-electron chi connectivity index (χ0n) is 9.40. The maximum absolute atomic E-state index is 12.1. The minimum atomic E-state index is -4.11. The van der Waals surface area contributed by atoms with E-state index in [2.05, 4.69) is 37.3 Å². The lowest BCUT2D eigenvalue weighted by atomic mass is 10.0. The monoisotopic (exact) mass is 388 g/mol. The van der Waals surface area contributed by atoms with Crippen molar-refractivity contribution < 1.29 is 13.2 Å². The summed E-state index contributed by atoms with van der Waals surface area (Å²) in [4.78, 5) is 0. The molecule has 0 aromatic heterocycles. The molecule has 102 valence electrons. The Morgan fingerprint density at radius 1 is 1.28 bits per heavy atom. The molecule has 0 amide bonds. The fraction of sp³-hybridized carbons (Fsp3) is 0.455. The quantitative estimate of drug-likeness (QED) is 0.576. The lowest BCUT2D eigenvalue weighted by molar-refractivity contribution is -0.135. The van der Waals surface area contributed by atoms with Crippen LogP contribution in [-0.4, -0.2) is 6.18 Å². The molecule has 0 spiro atoms. The van der Waals surface area contributed by atoms with Gasteiger partial charge < -0.3 is 0 Å². The maximum Gasteiger partial charge on any atom is 0.389 e. The highest BCUT2D eigenvalue weighted by Crippen LogP contribution is 2.31. The molecule has 0 aliphatic heterocycles. The summed E-state index contributed by atoms with van der Waals surface area (Å²) in [5.74, 6) is 5.40. The van der Waals surface area contributed by atoms with Gasteiger partial charge in [0.2, 0.25) is 0 Å². The molecule has 1 aromatic rings. The van der Waals surface area contributed by atoms with Crippen molar-refractivity contribution in [3.63, 3.8) is 0 Å². The van der Waals surface area contributed by atoms with E-state index in [1.54, 1.807) is 0 Å². The average Bonchev–Trinajstić information content (AvgIpc) is 2.24. The van der Waals surface area contributed by atoms with Gasteiger partial charge in [-0.2, -0.15) is 13.2 Å². The van der Waals surface area contributed by atoms with Gasteiger partial charge >= 0.3 is 6.18 Å². The number of hydrogen-bond donors (Lipinski definition) is 2. The third-order valence-electron chi connectivity index (χ3n) is 2.49. The smallest absolute Gasteiger partial charge is 0.271 e. The third kappa shape index (κ3) is 5.26. The Morgan fingerprint density at radius 2 is 1.94 bits per heavy atom. The number of halogens is 5. The highest BCUT2D eigenvalue weighted by Gasteiger charge is 2.27. The van der Waals surface area contributed by atoms with E-state index in [1.807, 2.05) is 18.2 Å². The second-order valence-corrected chi connectivity index (χ2v) is 5.66. The van der Waals surface area contributed by atoms with Crippen molar-refractivity contribution in [1.82, 2.24) is 5.43 Å². The lowest BCUT2D eigenvalue weighted by Crippen LogP contribution is -2.28. The Hall–Kier alpha value is -0.110. The molecule has 1 unspecified atom stereocenters. The Morgan fingerprint density at radius 3 is 2.44 bits per heavy atom. The third-order valence-corrected chi connectivity index (χ3v) is 3.67. The van der Waals surface area contributed by atoms with E-state index < -0.39 is 12.6 Å². The molecule has 18 heavy (non-hydrogen) atoms. The minimum Gasteiger partial charge on any atom is -0.271 e. The van der Waals surface area contributed by atoms with Gasteiger partial charge in [0, 0.05) is 21.4 Å². The van der Waals surface area contributed by atoms with E-state index in [1.165, 1.54) is 0 Å². The van der Waals surface area contributed by atoms with Crippen molar-refractivity contribution in [1.29, 1.82) is 0 Å². The number of alkyl halides is 3. The highest BCUT2D eigenvalue weighted by molar-refractivity contribution is 9.11. The molecule has 0 heterocycles. The van der Waals surface area contributed by atoms with Crippen LogP contribution in [0, 0.1) is 0 Å². The van der Waals surface area contributed by atoms with Crippen LogP contribution in [0.5, 0.6) is 0 Å². The van der Waals surface area contributed by atoms with Crippen LogP contribution in [0.15, 0.2) is 27.1 Å². The van der Waals surface area contributed by atoms with Crippen molar-refractivity contribution in [2.24, 2.45) is 5.84 Å². The molecular formula is C11H13Br2F3N2. The molecule has 0 bridgehead atoms. The fourth-order valence-corrected chi connectivity index (χ4v) is 2.94. The molecule has 3 N–H and O–H groups in total. The van der Waals surface area contributed by atoms with E-state index in [0.717, 1.165) is 14.5 Å². The summed E-state index contributed by atoms with van der Waals surface area (Å²) in [5, 5.41) is 0. The molecule has 0 fully saturated rings. The highest BCUT2D eigenvalue weighted by atomic mass is 79.9. The van der Waals surface area contributed by atoms with Gasteiger partial charge in [0.05, 0.1) is 0 Å². The normalized spacial score (nSPS) is 13.7. The Kier molecular flexibility index (Phi) is 6.10. The van der Waals surface area contributed by atoms with Crippen LogP contribution in [0.2, 0.25) is 0 Å². The fourth-order valence-electron chi connectivity index (χ4n) is 1.62. The van der Waals surface area contributed by atoms with Gasteiger partial charge in [0.1, 0.15) is 0 Å². The Bertz CT molecular complexity index is 396. The lowest BCUT2D eigenvalue weighted by Gasteiger charge is -2.18. The second kappa shape index (κ2) is 6.88. The topological polar surface area (TPSA) is 38.0 Å². The summed E-state index contributed by atoms with van der Waals surface area (Å²) in [5.41, 5.74) is 3.40. The van der Waals surface area contributed by atoms with Crippen molar-refractivity contribution in [2.45, 2.75) is 31.5 Å². The molecule has 0 aliphatic carbocycles. The zero-order valence-corrected chi connectivity index (χ0v) is 12.6. The zero-order chi connectivity index (χ0) is 13.8. The molecule has 1 rings (SSSR count). The predicted molar refractivity (Wildman–Crippen MR) is 71.8 cm³/mol. The first-order chi connectivity index (χ1) is 8.33. The van der Waals surface area contributed by atoms with Crippen LogP contribution in [0.25, 0.3) is 0 Å². The summed E-state index contributed by atoms with van der Waals surface area (Å²) in [6, 6.07) is 5.19. The number of hydrogen-bond acceptors (Lipinski definition) is 2. The van der Waals surface area contributed by atoms with Crippen molar-refractivity contribution in [3.05, 3.63) is 32.7 Å². The van der Waals surface area contributed by atoms with Crippen molar-refractivity contribution in [2.75, 3.05) is 0 Å². The van der Waals surface area contributed by atoms with Crippen molar-refractivity contribution in [3.8, 4) is 0 Å². The first-order valence-corrected chi connectivity index (χ1v) is 6.90. The number of rotatable bonds is 5. The summed E-state index contributed by atoms with van der Waals surface area (Å²) >= 11 is 6.69. The van der Waals surface area contributed by atoms with Gasteiger partial charge in [0.15, 0.2) is 0 Å². The van der Waals surface area contributed by atoms with Crippen LogP contribution < -0.4 is 11.3 Å². The molecule has 1 atom stereocenters. The standard InChI is InChI=1S/C11H13Br2F3N2/c12-7-3-4-8(9(13)6-7)10(18-17)2-1-5-11(14,15)16/h3-4,6,10,18H,1-2,5,17H2. The second-order valence-electron chi connectivity index (χ2n) is 3.89. The van der Waals surface area contributed by atoms with Gasteiger partial charge in [-0.05, 0) is 30.5 Å². The van der Waals surface area contributed by atoms with E-state index in [4.69, 9.17) is 5.84 Å². The average molecular weight is 390 g/mol. The maximum atomic E-state index is 12.1. The largest absolute Gasteiger partial charge is 0.389 e. The number of hydrazine groups is 1. The van der Waals surface area contributed by atoms with Crippen molar-refractivity contribution >= 4 is 31.9 Å². The summed E-state index contributed by atoms with van der Waals surface area (Å²) < 4.78 is 37.9. The molecular weight excluding hydrogens is 377 g/mol.